The lowest BCUT2D eigenvalue weighted by atomic mass is 10.2. The predicted molar refractivity (Wildman–Crippen MR) is 105 cm³/mol. The fourth-order valence-corrected chi connectivity index (χ4v) is 2.98. The molecule has 0 atom stereocenters. The number of nitrogens with one attached hydrogen (secondary N) is 2. The zero-order chi connectivity index (χ0) is 19.2. The zero-order valence-electron chi connectivity index (χ0n) is 14.2. The van der Waals surface area contributed by atoms with E-state index in [2.05, 4.69) is 15.7 Å². The van der Waals surface area contributed by atoms with Crippen LogP contribution in [0.15, 0.2) is 54.7 Å². The number of amides is 2. The van der Waals surface area contributed by atoms with E-state index in [9.17, 15) is 9.59 Å². The molecule has 0 bridgehead atoms. The van der Waals surface area contributed by atoms with Crippen molar-refractivity contribution in [2.45, 2.75) is 13.1 Å². The van der Waals surface area contributed by atoms with Crippen molar-refractivity contribution in [3.05, 3.63) is 81.5 Å². The molecule has 138 valence electrons. The van der Waals surface area contributed by atoms with Crippen LogP contribution in [0.1, 0.15) is 21.5 Å². The van der Waals surface area contributed by atoms with Crippen LogP contribution in [0.5, 0.6) is 0 Å². The molecule has 6 nitrogen and oxygen atoms in total. The Hall–Kier alpha value is -2.83. The third-order valence-corrected chi connectivity index (χ3v) is 4.69. The van der Waals surface area contributed by atoms with E-state index in [1.807, 2.05) is 36.4 Å². The van der Waals surface area contributed by atoms with E-state index in [1.54, 1.807) is 12.1 Å². The summed E-state index contributed by atoms with van der Waals surface area (Å²) in [6, 6.07) is 14.5. The Morgan fingerprint density at radius 1 is 1.04 bits per heavy atom. The number of carbonyl (C=O) groups is 2. The third kappa shape index (κ3) is 4.48. The third-order valence-electron chi connectivity index (χ3n) is 3.95. The van der Waals surface area contributed by atoms with Crippen molar-refractivity contribution in [3.8, 4) is 0 Å². The van der Waals surface area contributed by atoms with E-state index in [4.69, 9.17) is 23.2 Å². The van der Waals surface area contributed by atoms with Gasteiger partial charge >= 0.3 is 0 Å². The molecule has 0 aliphatic rings. The maximum absolute atomic E-state index is 12.6. The summed E-state index contributed by atoms with van der Waals surface area (Å²) in [6.07, 6.45) is 1.91. The summed E-state index contributed by atoms with van der Waals surface area (Å²) >= 11 is 12.3. The second kappa shape index (κ2) is 8.70. The molecule has 0 aliphatic heterocycles. The van der Waals surface area contributed by atoms with E-state index in [1.165, 1.54) is 10.9 Å². The van der Waals surface area contributed by atoms with E-state index < -0.39 is 0 Å². The van der Waals surface area contributed by atoms with E-state index in [0.717, 1.165) is 11.1 Å². The number of aromatic nitrogens is 2. The quantitative estimate of drug-likeness (QED) is 0.591. The summed E-state index contributed by atoms with van der Waals surface area (Å²) < 4.78 is 1.51. The maximum Gasteiger partial charge on any atom is 0.256 e. The Bertz CT molecular complexity index is 972. The summed E-state index contributed by atoms with van der Waals surface area (Å²) in [5.74, 6) is -0.0775. The zero-order valence-corrected chi connectivity index (χ0v) is 15.7. The molecule has 27 heavy (non-hydrogen) atoms. The van der Waals surface area contributed by atoms with Gasteiger partial charge in [-0.1, -0.05) is 59.6 Å². The highest BCUT2D eigenvalue weighted by molar-refractivity contribution is 6.31. The molecule has 0 saturated carbocycles. The van der Waals surface area contributed by atoms with Crippen molar-refractivity contribution < 1.29 is 9.59 Å². The summed E-state index contributed by atoms with van der Waals surface area (Å²) in [6.45, 7) is 0.572. The van der Waals surface area contributed by atoms with Crippen molar-refractivity contribution in [3.63, 3.8) is 0 Å². The highest BCUT2D eigenvalue weighted by atomic mass is 35.5. The van der Waals surface area contributed by atoms with E-state index >= 15 is 0 Å². The second-order valence-electron chi connectivity index (χ2n) is 5.69. The Morgan fingerprint density at radius 3 is 2.30 bits per heavy atom. The Morgan fingerprint density at radius 2 is 1.67 bits per heavy atom. The van der Waals surface area contributed by atoms with Gasteiger partial charge in [-0.2, -0.15) is 5.10 Å². The molecule has 0 unspecified atom stereocenters. The van der Waals surface area contributed by atoms with Gasteiger partial charge < -0.3 is 10.6 Å². The smallest absolute Gasteiger partial charge is 0.256 e. The van der Waals surface area contributed by atoms with Gasteiger partial charge in [0.25, 0.3) is 5.91 Å². The first-order chi connectivity index (χ1) is 13.1. The topological polar surface area (TPSA) is 76.0 Å². The molecule has 8 heteroatoms. The van der Waals surface area contributed by atoms with Crippen LogP contribution >= 0.6 is 23.2 Å². The van der Waals surface area contributed by atoms with Crippen LogP contribution in [0.25, 0.3) is 0 Å². The van der Waals surface area contributed by atoms with E-state index in [-0.39, 0.29) is 18.0 Å². The lowest BCUT2D eigenvalue weighted by molar-refractivity contribution is -0.105. The summed E-state index contributed by atoms with van der Waals surface area (Å²) in [5, 5.41) is 10.7. The largest absolute Gasteiger partial charge is 0.348 e. The minimum absolute atomic E-state index is 0.251. The van der Waals surface area contributed by atoms with Gasteiger partial charge in [0.2, 0.25) is 6.41 Å². The molecular weight excluding hydrogens is 387 g/mol. The van der Waals surface area contributed by atoms with Gasteiger partial charge in [0.05, 0.1) is 12.7 Å². The molecule has 2 N–H and O–H groups in total. The fourth-order valence-electron chi connectivity index (χ4n) is 2.58. The van der Waals surface area contributed by atoms with Crippen LogP contribution in [0.2, 0.25) is 10.0 Å². The molecule has 0 spiro atoms. The maximum atomic E-state index is 12.6. The predicted octanol–water partition coefficient (Wildman–Crippen LogP) is 3.74. The Balaban J connectivity index is 1.80. The summed E-state index contributed by atoms with van der Waals surface area (Å²) in [5.41, 5.74) is 1.86. The lowest BCUT2D eigenvalue weighted by Gasteiger charge is -2.10. The number of hydrogen-bond acceptors (Lipinski definition) is 3. The number of carbonyl (C=O) groups excluding carboxylic acids is 2. The number of hydrogen-bond donors (Lipinski definition) is 2. The van der Waals surface area contributed by atoms with Crippen LogP contribution in [-0.4, -0.2) is 22.1 Å². The number of nitrogens with zero attached hydrogens (tertiary/aromatic N) is 2. The number of rotatable bonds is 7. The average Bonchev–Trinajstić information content (AvgIpc) is 3.06. The Kier molecular flexibility index (Phi) is 6.11. The van der Waals surface area contributed by atoms with Crippen LogP contribution in [0.4, 0.5) is 5.82 Å². The van der Waals surface area contributed by atoms with Gasteiger partial charge in [-0.25, -0.2) is 4.68 Å². The standard InChI is InChI=1S/C19H16Cl2N4O2/c20-16-7-3-1-5-13(16)9-22-19(27)15-10-24-25(18(15)23-12-26)11-14-6-2-4-8-17(14)21/h1-8,10,12H,9,11H2,(H,22,27)(H,23,26). The van der Waals surface area contributed by atoms with Crippen molar-refractivity contribution >= 4 is 41.3 Å². The number of benzene rings is 2. The number of halogens is 2. The normalized spacial score (nSPS) is 10.4. The monoisotopic (exact) mass is 402 g/mol. The minimum Gasteiger partial charge on any atom is -0.348 e. The highest BCUT2D eigenvalue weighted by Crippen LogP contribution is 2.21. The van der Waals surface area contributed by atoms with Gasteiger partial charge in [-0.15, -0.1) is 0 Å². The Labute approximate surface area is 166 Å². The average molecular weight is 403 g/mol. The summed E-state index contributed by atoms with van der Waals surface area (Å²) in [7, 11) is 0. The SMILES string of the molecule is O=CNc1c(C(=O)NCc2ccccc2Cl)cnn1Cc1ccccc1Cl. The first-order valence-electron chi connectivity index (χ1n) is 8.11. The van der Waals surface area contributed by atoms with Gasteiger partial charge in [0.15, 0.2) is 0 Å². The van der Waals surface area contributed by atoms with Crippen molar-refractivity contribution in [2.75, 3.05) is 5.32 Å². The molecule has 2 amide bonds. The van der Waals surface area contributed by atoms with Gasteiger partial charge in [0, 0.05) is 16.6 Å². The molecule has 0 fully saturated rings. The molecule has 3 rings (SSSR count). The van der Waals surface area contributed by atoms with Crippen LogP contribution < -0.4 is 10.6 Å². The molecule has 0 saturated heterocycles. The molecular formula is C19H16Cl2N4O2. The van der Waals surface area contributed by atoms with Crippen LogP contribution in [0, 0.1) is 0 Å². The molecule has 0 aliphatic carbocycles. The van der Waals surface area contributed by atoms with Crippen molar-refractivity contribution in [1.82, 2.24) is 15.1 Å². The second-order valence-corrected chi connectivity index (χ2v) is 6.51. The molecule has 0 radical (unpaired) electrons. The minimum atomic E-state index is -0.371. The van der Waals surface area contributed by atoms with Gasteiger partial charge in [-0.3, -0.25) is 9.59 Å². The first-order valence-corrected chi connectivity index (χ1v) is 8.86. The van der Waals surface area contributed by atoms with Crippen molar-refractivity contribution in [1.29, 1.82) is 0 Å². The van der Waals surface area contributed by atoms with Gasteiger partial charge in [0.1, 0.15) is 11.4 Å². The van der Waals surface area contributed by atoms with Gasteiger partial charge in [-0.05, 0) is 23.3 Å². The lowest BCUT2D eigenvalue weighted by Crippen LogP contribution is -2.24. The highest BCUT2D eigenvalue weighted by Gasteiger charge is 2.18. The van der Waals surface area contributed by atoms with Crippen LogP contribution in [0.3, 0.4) is 0 Å². The van der Waals surface area contributed by atoms with Crippen LogP contribution in [-0.2, 0) is 17.9 Å². The molecule has 3 aromatic rings. The van der Waals surface area contributed by atoms with Crippen molar-refractivity contribution in [2.24, 2.45) is 0 Å². The molecule has 1 heterocycles. The fraction of sp³-hybridized carbons (Fsp3) is 0.105. The molecule has 1 aromatic heterocycles. The summed E-state index contributed by atoms with van der Waals surface area (Å²) in [4.78, 5) is 23.6. The van der Waals surface area contributed by atoms with E-state index in [0.29, 0.717) is 28.8 Å². The first kappa shape index (κ1) is 18.9. The number of anilines is 1. The molecule has 2 aromatic carbocycles.